The highest BCUT2D eigenvalue weighted by Crippen LogP contribution is 2.48. The van der Waals surface area contributed by atoms with E-state index < -0.39 is 34.4 Å². The van der Waals surface area contributed by atoms with Gasteiger partial charge in [-0.1, -0.05) is 19.8 Å². The number of amides is 1. The highest BCUT2D eigenvalue weighted by Gasteiger charge is 2.40. The first kappa shape index (κ1) is 23.3. The Bertz CT molecular complexity index is 1290. The molecule has 0 unspecified atom stereocenters. The minimum Gasteiger partial charge on any atom is -0.504 e. The summed E-state index contributed by atoms with van der Waals surface area (Å²) in [5.41, 5.74) is -1.22. The van der Waals surface area contributed by atoms with E-state index in [-0.39, 0.29) is 28.2 Å². The predicted molar refractivity (Wildman–Crippen MR) is 126 cm³/mol. The molecule has 3 N–H and O–H groups in total. The lowest BCUT2D eigenvalue weighted by atomic mass is 9.78. The summed E-state index contributed by atoms with van der Waals surface area (Å²) in [4.78, 5) is 46.6. The van der Waals surface area contributed by atoms with Crippen molar-refractivity contribution in [1.82, 2.24) is 14.9 Å². The smallest absolute Gasteiger partial charge is 0.275 e. The number of hydrogen-bond acceptors (Lipinski definition) is 8. The highest BCUT2D eigenvalue weighted by molar-refractivity contribution is 5.97. The lowest BCUT2D eigenvalue weighted by Gasteiger charge is -2.35. The van der Waals surface area contributed by atoms with Crippen LogP contribution >= 0.6 is 0 Å². The van der Waals surface area contributed by atoms with E-state index in [0.717, 1.165) is 31.9 Å². The number of anilines is 3. The Kier molecular flexibility index (Phi) is 6.07. The van der Waals surface area contributed by atoms with Crippen molar-refractivity contribution in [3.63, 3.8) is 0 Å². The SMILES string of the molecule is CN(C)C(=O)c1nccc(Nc2c(N[C@@H](c3ccc(F)cn3)C3(C)CCCC3)c(=O)c2=O)c1O. The highest BCUT2D eigenvalue weighted by atomic mass is 19.1. The van der Waals surface area contributed by atoms with Crippen molar-refractivity contribution < 1.29 is 14.3 Å². The first-order valence-corrected chi connectivity index (χ1v) is 11.0. The van der Waals surface area contributed by atoms with Crippen molar-refractivity contribution in [2.45, 2.75) is 38.6 Å². The number of halogens is 1. The van der Waals surface area contributed by atoms with Crippen LogP contribution in [0.1, 0.15) is 54.8 Å². The fraction of sp³-hybridized carbons (Fsp3) is 0.375. The molecular formula is C24H26FN5O4. The number of rotatable bonds is 7. The van der Waals surface area contributed by atoms with Gasteiger partial charge in [0.25, 0.3) is 16.8 Å². The first-order valence-electron chi connectivity index (χ1n) is 11.0. The number of carbonyl (C=O) groups excluding carboxylic acids is 1. The molecule has 178 valence electrons. The van der Waals surface area contributed by atoms with Gasteiger partial charge in [-0.05, 0) is 36.5 Å². The van der Waals surface area contributed by atoms with E-state index in [0.29, 0.717) is 5.69 Å². The molecule has 2 heterocycles. The maximum atomic E-state index is 13.5. The predicted octanol–water partition coefficient (Wildman–Crippen LogP) is 3.10. The Morgan fingerprint density at radius 1 is 1.12 bits per heavy atom. The van der Waals surface area contributed by atoms with E-state index in [2.05, 4.69) is 27.5 Å². The zero-order valence-electron chi connectivity index (χ0n) is 19.2. The normalized spacial score (nSPS) is 15.8. The Balaban J connectivity index is 1.69. The van der Waals surface area contributed by atoms with Gasteiger partial charge in [-0.25, -0.2) is 9.37 Å². The molecule has 0 saturated heterocycles. The molecule has 2 aromatic heterocycles. The zero-order valence-corrected chi connectivity index (χ0v) is 19.2. The second-order valence-electron chi connectivity index (χ2n) is 9.13. The molecule has 1 aliphatic carbocycles. The summed E-state index contributed by atoms with van der Waals surface area (Å²) in [7, 11) is 3.05. The van der Waals surface area contributed by atoms with E-state index in [4.69, 9.17) is 0 Å². The number of aromatic nitrogens is 2. The molecule has 9 nitrogen and oxygen atoms in total. The van der Waals surface area contributed by atoms with Crippen LogP contribution in [-0.4, -0.2) is 40.0 Å². The van der Waals surface area contributed by atoms with Crippen LogP contribution in [0.3, 0.4) is 0 Å². The third-order valence-corrected chi connectivity index (χ3v) is 6.48. The van der Waals surface area contributed by atoms with Gasteiger partial charge in [0.05, 0.1) is 23.6 Å². The lowest BCUT2D eigenvalue weighted by molar-refractivity contribution is 0.0819. The minimum atomic E-state index is -0.749. The number of aromatic hydroxyl groups is 1. The van der Waals surface area contributed by atoms with E-state index in [1.54, 1.807) is 6.07 Å². The van der Waals surface area contributed by atoms with E-state index >= 15 is 0 Å². The third-order valence-electron chi connectivity index (χ3n) is 6.48. The summed E-state index contributed by atoms with van der Waals surface area (Å²) < 4.78 is 13.5. The molecule has 0 spiro atoms. The van der Waals surface area contributed by atoms with Crippen LogP contribution in [0.15, 0.2) is 40.2 Å². The summed E-state index contributed by atoms with van der Waals surface area (Å²) >= 11 is 0. The monoisotopic (exact) mass is 467 g/mol. The summed E-state index contributed by atoms with van der Waals surface area (Å²) in [6.07, 6.45) is 6.23. The molecule has 1 saturated carbocycles. The fourth-order valence-corrected chi connectivity index (χ4v) is 4.49. The summed E-state index contributed by atoms with van der Waals surface area (Å²) in [6, 6.07) is 3.86. The molecule has 1 amide bonds. The van der Waals surface area contributed by atoms with Gasteiger partial charge < -0.3 is 20.6 Å². The molecule has 3 aromatic rings. The molecule has 0 radical (unpaired) electrons. The van der Waals surface area contributed by atoms with Crippen molar-refractivity contribution in [2.24, 2.45) is 5.41 Å². The summed E-state index contributed by atoms with van der Waals surface area (Å²) in [6.45, 7) is 2.08. The van der Waals surface area contributed by atoms with Crippen molar-refractivity contribution in [3.8, 4) is 5.75 Å². The molecule has 4 rings (SSSR count). The Labute approximate surface area is 195 Å². The van der Waals surface area contributed by atoms with Crippen LogP contribution in [0.25, 0.3) is 0 Å². The third kappa shape index (κ3) is 4.11. The van der Waals surface area contributed by atoms with Crippen molar-refractivity contribution in [3.05, 3.63) is 68.2 Å². The van der Waals surface area contributed by atoms with Crippen LogP contribution in [0, 0.1) is 11.2 Å². The minimum absolute atomic E-state index is 0.0246. The van der Waals surface area contributed by atoms with Crippen molar-refractivity contribution >= 4 is 23.0 Å². The summed E-state index contributed by atoms with van der Waals surface area (Å²) in [5, 5.41) is 16.5. The largest absolute Gasteiger partial charge is 0.504 e. The lowest BCUT2D eigenvalue weighted by Crippen LogP contribution is -2.40. The number of nitrogens with zero attached hydrogens (tertiary/aromatic N) is 3. The number of carbonyl (C=O) groups is 1. The standard InChI is InChI=1S/C24H26FN5O4/c1-24(9-4-5-10-24)22(15-7-6-13(25)12-27-15)29-17-16(20(32)21(17)33)28-14-8-11-26-18(19(14)31)23(34)30(2)3/h6-8,11-12,22,29,31H,4-5,9-10H2,1-3H3,(H,26,28)/t22-/m0/s1. The van der Waals surface area contributed by atoms with Crippen LogP contribution in [-0.2, 0) is 0 Å². The molecule has 1 aliphatic rings. The van der Waals surface area contributed by atoms with E-state index in [1.165, 1.54) is 37.3 Å². The molecule has 0 aliphatic heterocycles. The van der Waals surface area contributed by atoms with Gasteiger partial charge in [-0.2, -0.15) is 0 Å². The molecule has 0 bridgehead atoms. The Hall–Kier alpha value is -3.82. The average Bonchev–Trinajstić information content (AvgIpc) is 3.26. The van der Waals surface area contributed by atoms with Gasteiger partial charge in [-0.3, -0.25) is 19.4 Å². The van der Waals surface area contributed by atoms with Crippen LogP contribution in [0.2, 0.25) is 0 Å². The van der Waals surface area contributed by atoms with Crippen LogP contribution in [0.5, 0.6) is 5.75 Å². The van der Waals surface area contributed by atoms with E-state index in [9.17, 15) is 23.9 Å². The molecule has 1 atom stereocenters. The maximum absolute atomic E-state index is 13.5. The number of hydrogen-bond donors (Lipinski definition) is 3. The molecule has 1 aromatic carbocycles. The van der Waals surface area contributed by atoms with Crippen LogP contribution < -0.4 is 21.5 Å². The zero-order chi connectivity index (χ0) is 24.6. The topological polar surface area (TPSA) is 125 Å². The number of nitrogens with one attached hydrogen (secondary N) is 2. The maximum Gasteiger partial charge on any atom is 0.275 e. The van der Waals surface area contributed by atoms with E-state index in [1.807, 2.05) is 0 Å². The van der Waals surface area contributed by atoms with Gasteiger partial charge in [-0.15, -0.1) is 0 Å². The summed E-state index contributed by atoms with van der Waals surface area (Å²) in [5.74, 6) is -1.41. The Morgan fingerprint density at radius 2 is 1.79 bits per heavy atom. The van der Waals surface area contributed by atoms with Crippen molar-refractivity contribution in [1.29, 1.82) is 0 Å². The molecule has 10 heteroatoms. The van der Waals surface area contributed by atoms with Gasteiger partial charge >= 0.3 is 0 Å². The molecule has 34 heavy (non-hydrogen) atoms. The van der Waals surface area contributed by atoms with Gasteiger partial charge in [0.2, 0.25) is 0 Å². The second kappa shape index (κ2) is 8.85. The van der Waals surface area contributed by atoms with Gasteiger partial charge in [0.15, 0.2) is 11.4 Å². The number of pyridine rings is 2. The quantitative estimate of drug-likeness (QED) is 0.453. The fourth-order valence-electron chi connectivity index (χ4n) is 4.49. The van der Waals surface area contributed by atoms with Gasteiger partial charge in [0.1, 0.15) is 17.2 Å². The first-order chi connectivity index (χ1) is 16.1. The van der Waals surface area contributed by atoms with Crippen LogP contribution in [0.4, 0.5) is 21.5 Å². The van der Waals surface area contributed by atoms with Gasteiger partial charge in [0, 0.05) is 20.3 Å². The molecule has 1 fully saturated rings. The average molecular weight is 468 g/mol. The second-order valence-corrected chi connectivity index (χ2v) is 9.13. The van der Waals surface area contributed by atoms with Crippen molar-refractivity contribution in [2.75, 3.05) is 24.7 Å². The molecular weight excluding hydrogens is 441 g/mol. The Morgan fingerprint density at radius 3 is 2.41 bits per heavy atom.